The summed E-state index contributed by atoms with van der Waals surface area (Å²) in [5.74, 6) is 0.986. The molecule has 0 saturated carbocycles. The molecule has 1 aromatic carbocycles. The highest BCUT2D eigenvalue weighted by atomic mass is 16.5. The zero-order valence-corrected chi connectivity index (χ0v) is 11.3. The molecule has 5 heteroatoms. The van der Waals surface area contributed by atoms with Crippen molar-refractivity contribution >= 4 is 5.97 Å². The topological polar surface area (TPSA) is 61.6 Å². The van der Waals surface area contributed by atoms with Crippen molar-refractivity contribution < 1.29 is 18.8 Å². The lowest BCUT2D eigenvalue weighted by Gasteiger charge is -1.99. The monoisotopic (exact) mass is 273 g/mol. The van der Waals surface area contributed by atoms with Crippen molar-refractivity contribution in [2.75, 3.05) is 7.11 Å². The van der Waals surface area contributed by atoms with E-state index in [0.29, 0.717) is 11.5 Å². The number of hydrogen-bond acceptors (Lipinski definition) is 5. The molecular weight excluding hydrogens is 258 g/mol. The Hall–Kier alpha value is -2.56. The standard InChI is InChI=1S/C15H15NO4/c1-3-4-15(17)19-10-12-9-14(20-16-12)11-5-7-13(18-2)8-6-11/h3-9H,10H2,1-2H3/b4-3-. The van der Waals surface area contributed by atoms with Crippen molar-refractivity contribution in [1.82, 2.24) is 5.16 Å². The zero-order chi connectivity index (χ0) is 14.4. The molecule has 2 rings (SSSR count). The number of carbonyl (C=O) groups is 1. The second-order valence-electron chi connectivity index (χ2n) is 4.02. The SMILES string of the molecule is C/C=C\C(=O)OCc1cc(-c2ccc(OC)cc2)on1. The Morgan fingerprint density at radius 1 is 1.35 bits per heavy atom. The number of aromatic nitrogens is 1. The maximum atomic E-state index is 11.2. The Balaban J connectivity index is 2.02. The average Bonchev–Trinajstić information content (AvgIpc) is 2.94. The van der Waals surface area contributed by atoms with Crippen LogP contribution in [0.2, 0.25) is 0 Å². The minimum Gasteiger partial charge on any atom is -0.497 e. The van der Waals surface area contributed by atoms with Gasteiger partial charge in [-0.1, -0.05) is 11.2 Å². The minimum absolute atomic E-state index is 0.0861. The molecule has 0 aliphatic heterocycles. The van der Waals surface area contributed by atoms with Crippen LogP contribution < -0.4 is 4.74 Å². The summed E-state index contributed by atoms with van der Waals surface area (Å²) >= 11 is 0. The number of methoxy groups -OCH3 is 1. The van der Waals surface area contributed by atoms with E-state index in [9.17, 15) is 4.79 Å². The molecule has 0 spiro atoms. The van der Waals surface area contributed by atoms with Gasteiger partial charge < -0.3 is 14.0 Å². The maximum absolute atomic E-state index is 11.2. The van der Waals surface area contributed by atoms with Crippen LogP contribution in [0.4, 0.5) is 0 Å². The van der Waals surface area contributed by atoms with Crippen LogP contribution in [0.15, 0.2) is 47.0 Å². The first kappa shape index (κ1) is 13.9. The number of carbonyl (C=O) groups excluding carboxylic acids is 1. The number of ether oxygens (including phenoxy) is 2. The predicted octanol–water partition coefficient (Wildman–Crippen LogP) is 2.97. The smallest absolute Gasteiger partial charge is 0.330 e. The molecule has 104 valence electrons. The van der Waals surface area contributed by atoms with Crippen LogP contribution in [0, 0.1) is 0 Å². The van der Waals surface area contributed by atoms with Gasteiger partial charge in [-0.25, -0.2) is 4.79 Å². The van der Waals surface area contributed by atoms with Crippen LogP contribution in [0.5, 0.6) is 5.75 Å². The number of nitrogens with zero attached hydrogens (tertiary/aromatic N) is 1. The molecule has 0 aliphatic rings. The molecule has 0 unspecified atom stereocenters. The predicted molar refractivity (Wildman–Crippen MR) is 73.1 cm³/mol. The highest BCUT2D eigenvalue weighted by Gasteiger charge is 2.08. The molecule has 0 aliphatic carbocycles. The van der Waals surface area contributed by atoms with Gasteiger partial charge in [-0.3, -0.25) is 0 Å². The van der Waals surface area contributed by atoms with Crippen molar-refractivity contribution in [3.05, 3.63) is 48.2 Å². The lowest BCUT2D eigenvalue weighted by molar-refractivity contribution is -0.139. The van der Waals surface area contributed by atoms with E-state index in [4.69, 9.17) is 14.0 Å². The molecular formula is C15H15NO4. The van der Waals surface area contributed by atoms with E-state index in [1.54, 1.807) is 26.2 Å². The van der Waals surface area contributed by atoms with Gasteiger partial charge in [0.25, 0.3) is 0 Å². The van der Waals surface area contributed by atoms with Crippen LogP contribution in [-0.2, 0) is 16.1 Å². The highest BCUT2D eigenvalue weighted by Crippen LogP contribution is 2.23. The summed E-state index contributed by atoms with van der Waals surface area (Å²) in [5.41, 5.74) is 1.44. The molecule has 20 heavy (non-hydrogen) atoms. The van der Waals surface area contributed by atoms with Crippen molar-refractivity contribution in [2.24, 2.45) is 0 Å². The Labute approximate surface area is 116 Å². The fraction of sp³-hybridized carbons (Fsp3) is 0.200. The molecule has 0 saturated heterocycles. The molecule has 2 aromatic rings. The summed E-state index contributed by atoms with van der Waals surface area (Å²) < 4.78 is 15.3. The molecule has 0 fully saturated rings. The molecule has 1 heterocycles. The number of benzene rings is 1. The van der Waals surface area contributed by atoms with Crippen molar-refractivity contribution in [3.63, 3.8) is 0 Å². The van der Waals surface area contributed by atoms with Gasteiger partial charge >= 0.3 is 5.97 Å². The van der Waals surface area contributed by atoms with Gasteiger partial charge in [-0.15, -0.1) is 0 Å². The van der Waals surface area contributed by atoms with Crippen molar-refractivity contribution in [3.8, 4) is 17.1 Å². The summed E-state index contributed by atoms with van der Waals surface area (Å²) in [4.78, 5) is 11.2. The van der Waals surface area contributed by atoms with E-state index in [1.807, 2.05) is 24.3 Å². The quantitative estimate of drug-likeness (QED) is 0.619. The molecule has 0 bridgehead atoms. The molecule has 0 amide bonds. The zero-order valence-electron chi connectivity index (χ0n) is 11.3. The molecule has 0 N–H and O–H groups in total. The van der Waals surface area contributed by atoms with Gasteiger partial charge in [0.1, 0.15) is 18.1 Å². The summed E-state index contributed by atoms with van der Waals surface area (Å²) in [7, 11) is 1.61. The van der Waals surface area contributed by atoms with Crippen LogP contribution in [0.1, 0.15) is 12.6 Å². The second-order valence-corrected chi connectivity index (χ2v) is 4.02. The van der Waals surface area contributed by atoms with E-state index in [-0.39, 0.29) is 6.61 Å². The average molecular weight is 273 g/mol. The van der Waals surface area contributed by atoms with Crippen LogP contribution >= 0.6 is 0 Å². The van der Waals surface area contributed by atoms with E-state index in [2.05, 4.69) is 5.16 Å². The fourth-order valence-electron chi connectivity index (χ4n) is 1.60. The van der Waals surface area contributed by atoms with Crippen LogP contribution in [0.25, 0.3) is 11.3 Å². The largest absolute Gasteiger partial charge is 0.497 e. The highest BCUT2D eigenvalue weighted by molar-refractivity contribution is 5.81. The first-order valence-corrected chi connectivity index (χ1v) is 6.12. The summed E-state index contributed by atoms with van der Waals surface area (Å²) in [5, 5.41) is 3.86. The summed E-state index contributed by atoms with van der Waals surface area (Å²) in [6.45, 7) is 1.84. The number of allylic oxidation sites excluding steroid dienone is 1. The first-order chi connectivity index (χ1) is 9.72. The van der Waals surface area contributed by atoms with Gasteiger partial charge in [0.15, 0.2) is 5.76 Å². The minimum atomic E-state index is -0.401. The third-order valence-corrected chi connectivity index (χ3v) is 2.60. The van der Waals surface area contributed by atoms with E-state index < -0.39 is 5.97 Å². The van der Waals surface area contributed by atoms with Gasteiger partial charge in [0, 0.05) is 17.7 Å². The number of esters is 1. The first-order valence-electron chi connectivity index (χ1n) is 6.12. The molecule has 5 nitrogen and oxygen atoms in total. The van der Waals surface area contributed by atoms with Crippen molar-refractivity contribution in [1.29, 1.82) is 0 Å². The summed E-state index contributed by atoms with van der Waals surface area (Å²) in [6.07, 6.45) is 2.97. The molecule has 1 aromatic heterocycles. The Bertz CT molecular complexity index is 599. The lowest BCUT2D eigenvalue weighted by atomic mass is 10.1. The molecule has 0 atom stereocenters. The Morgan fingerprint density at radius 3 is 2.75 bits per heavy atom. The van der Waals surface area contributed by atoms with E-state index in [1.165, 1.54) is 6.08 Å². The van der Waals surface area contributed by atoms with E-state index >= 15 is 0 Å². The lowest BCUT2D eigenvalue weighted by Crippen LogP contribution is -2.00. The summed E-state index contributed by atoms with van der Waals surface area (Å²) in [6, 6.07) is 9.15. The van der Waals surface area contributed by atoms with Gasteiger partial charge in [-0.2, -0.15) is 0 Å². The van der Waals surface area contributed by atoms with Crippen LogP contribution in [-0.4, -0.2) is 18.2 Å². The third kappa shape index (κ3) is 3.47. The van der Waals surface area contributed by atoms with Gasteiger partial charge in [-0.05, 0) is 31.2 Å². The third-order valence-electron chi connectivity index (χ3n) is 2.60. The Kier molecular flexibility index (Phi) is 4.55. The Morgan fingerprint density at radius 2 is 2.10 bits per heavy atom. The number of hydrogen-bond donors (Lipinski definition) is 0. The van der Waals surface area contributed by atoms with Gasteiger partial charge in [0.2, 0.25) is 0 Å². The van der Waals surface area contributed by atoms with E-state index in [0.717, 1.165) is 11.3 Å². The van der Waals surface area contributed by atoms with Crippen LogP contribution in [0.3, 0.4) is 0 Å². The van der Waals surface area contributed by atoms with Gasteiger partial charge in [0.05, 0.1) is 7.11 Å². The normalized spacial score (nSPS) is 10.7. The number of rotatable bonds is 5. The fourth-order valence-corrected chi connectivity index (χ4v) is 1.60. The molecule has 0 radical (unpaired) electrons. The second kappa shape index (κ2) is 6.56. The van der Waals surface area contributed by atoms with Crippen molar-refractivity contribution in [2.45, 2.75) is 13.5 Å². The maximum Gasteiger partial charge on any atom is 0.330 e.